The molecule has 0 saturated heterocycles. The zero-order valence-corrected chi connectivity index (χ0v) is 10.2. The van der Waals surface area contributed by atoms with E-state index in [1.54, 1.807) is 24.3 Å². The molecule has 1 aromatic rings. The monoisotopic (exact) mass is 251 g/mol. The lowest BCUT2D eigenvalue weighted by Gasteiger charge is -2.07. The van der Waals surface area contributed by atoms with E-state index in [2.05, 4.69) is 16.0 Å². The van der Waals surface area contributed by atoms with Crippen LogP contribution in [0.25, 0.3) is 0 Å². The Morgan fingerprint density at radius 2 is 2.06 bits per heavy atom. The van der Waals surface area contributed by atoms with Gasteiger partial charge in [0.25, 0.3) is 5.91 Å². The van der Waals surface area contributed by atoms with E-state index in [1.807, 2.05) is 7.05 Å². The van der Waals surface area contributed by atoms with Crippen molar-refractivity contribution in [3.63, 3.8) is 0 Å². The first kappa shape index (κ1) is 14.0. The van der Waals surface area contributed by atoms with Crippen molar-refractivity contribution in [2.24, 2.45) is 0 Å². The average Bonchev–Trinajstić information content (AvgIpc) is 2.37. The molecule has 0 atom stereocenters. The van der Waals surface area contributed by atoms with Gasteiger partial charge in [0.2, 0.25) is 0 Å². The van der Waals surface area contributed by atoms with Crippen LogP contribution >= 0.6 is 0 Å². The molecule has 0 heterocycles. The van der Waals surface area contributed by atoms with Crippen molar-refractivity contribution >= 4 is 17.6 Å². The van der Waals surface area contributed by atoms with Crippen LogP contribution in [0.15, 0.2) is 24.3 Å². The molecule has 4 N–H and O–H groups in total. The van der Waals surface area contributed by atoms with Crippen LogP contribution in [0.3, 0.4) is 0 Å². The summed E-state index contributed by atoms with van der Waals surface area (Å²) in [6.07, 6.45) is 0. The SMILES string of the molecule is CNCCNC(=O)c1cccc(NCC(=O)O)c1. The number of carbonyl (C=O) groups excluding carboxylic acids is 1. The second kappa shape index (κ2) is 7.29. The number of carboxylic acid groups (broad SMARTS) is 1. The van der Waals surface area contributed by atoms with Gasteiger partial charge in [0.15, 0.2) is 0 Å². The van der Waals surface area contributed by atoms with Crippen LogP contribution in [-0.4, -0.2) is 43.7 Å². The molecule has 0 spiro atoms. The van der Waals surface area contributed by atoms with Gasteiger partial charge in [-0.15, -0.1) is 0 Å². The minimum Gasteiger partial charge on any atom is -0.480 e. The first-order chi connectivity index (χ1) is 8.63. The molecule has 6 nitrogen and oxygen atoms in total. The highest BCUT2D eigenvalue weighted by Crippen LogP contribution is 2.10. The number of carbonyl (C=O) groups is 2. The van der Waals surface area contributed by atoms with E-state index in [4.69, 9.17) is 5.11 Å². The molecule has 0 saturated carbocycles. The molecule has 0 aromatic heterocycles. The number of hydrogen-bond acceptors (Lipinski definition) is 4. The molecule has 0 bridgehead atoms. The fourth-order valence-electron chi connectivity index (χ4n) is 1.35. The van der Waals surface area contributed by atoms with Crippen LogP contribution in [0.1, 0.15) is 10.4 Å². The highest BCUT2D eigenvalue weighted by Gasteiger charge is 2.05. The molecule has 0 fully saturated rings. The minimum atomic E-state index is -0.945. The third-order valence-electron chi connectivity index (χ3n) is 2.23. The maximum absolute atomic E-state index is 11.7. The normalized spacial score (nSPS) is 9.83. The smallest absolute Gasteiger partial charge is 0.322 e. The summed E-state index contributed by atoms with van der Waals surface area (Å²) < 4.78 is 0. The number of aliphatic carboxylic acids is 1. The maximum atomic E-state index is 11.7. The van der Waals surface area contributed by atoms with Crippen molar-refractivity contribution in [3.05, 3.63) is 29.8 Å². The third kappa shape index (κ3) is 4.84. The Bertz CT molecular complexity index is 421. The standard InChI is InChI=1S/C12H17N3O3/c1-13-5-6-14-12(18)9-3-2-4-10(7-9)15-8-11(16)17/h2-4,7,13,15H,5-6,8H2,1H3,(H,14,18)(H,16,17). The van der Waals surface area contributed by atoms with Gasteiger partial charge >= 0.3 is 5.97 Å². The lowest BCUT2D eigenvalue weighted by atomic mass is 10.2. The summed E-state index contributed by atoms with van der Waals surface area (Å²) in [7, 11) is 1.81. The van der Waals surface area contributed by atoms with Crippen LogP contribution in [0.2, 0.25) is 0 Å². The molecule has 98 valence electrons. The predicted molar refractivity (Wildman–Crippen MR) is 68.8 cm³/mol. The second-order valence-electron chi connectivity index (χ2n) is 3.69. The highest BCUT2D eigenvalue weighted by atomic mass is 16.4. The molecule has 18 heavy (non-hydrogen) atoms. The lowest BCUT2D eigenvalue weighted by molar-refractivity contribution is -0.134. The summed E-state index contributed by atoms with van der Waals surface area (Å²) in [5.41, 5.74) is 1.11. The quantitative estimate of drug-likeness (QED) is 0.517. The molecule has 0 aliphatic heterocycles. The zero-order valence-electron chi connectivity index (χ0n) is 10.2. The van der Waals surface area contributed by atoms with Gasteiger partial charge < -0.3 is 21.1 Å². The van der Waals surface area contributed by atoms with Crippen molar-refractivity contribution in [3.8, 4) is 0 Å². The van der Waals surface area contributed by atoms with E-state index in [9.17, 15) is 9.59 Å². The van der Waals surface area contributed by atoms with Gasteiger partial charge in [-0.25, -0.2) is 0 Å². The molecule has 0 aliphatic rings. The van der Waals surface area contributed by atoms with E-state index in [-0.39, 0.29) is 12.5 Å². The van der Waals surface area contributed by atoms with Crippen LogP contribution in [0.4, 0.5) is 5.69 Å². The maximum Gasteiger partial charge on any atom is 0.322 e. The number of carboxylic acids is 1. The Labute approximate surface area is 105 Å². The Hall–Kier alpha value is -2.08. The summed E-state index contributed by atoms with van der Waals surface area (Å²) in [6, 6.07) is 6.72. The van der Waals surface area contributed by atoms with Crippen molar-refractivity contribution in [2.75, 3.05) is 32.0 Å². The molecule has 0 aliphatic carbocycles. The number of hydrogen-bond donors (Lipinski definition) is 4. The van der Waals surface area contributed by atoms with E-state index in [0.29, 0.717) is 24.3 Å². The summed E-state index contributed by atoms with van der Waals surface area (Å²) in [6.45, 7) is 1.07. The van der Waals surface area contributed by atoms with E-state index < -0.39 is 5.97 Å². The van der Waals surface area contributed by atoms with Crippen LogP contribution in [0, 0.1) is 0 Å². The van der Waals surface area contributed by atoms with Gasteiger partial charge in [-0.3, -0.25) is 9.59 Å². The van der Waals surface area contributed by atoms with Crippen molar-refractivity contribution < 1.29 is 14.7 Å². The topological polar surface area (TPSA) is 90.5 Å². The largest absolute Gasteiger partial charge is 0.480 e. The number of nitrogens with one attached hydrogen (secondary N) is 3. The second-order valence-corrected chi connectivity index (χ2v) is 3.69. The molecular weight excluding hydrogens is 234 g/mol. The fraction of sp³-hybridized carbons (Fsp3) is 0.333. The van der Waals surface area contributed by atoms with Gasteiger partial charge in [0.1, 0.15) is 6.54 Å². The first-order valence-electron chi connectivity index (χ1n) is 5.62. The molecule has 1 rings (SSSR count). The van der Waals surface area contributed by atoms with Gasteiger partial charge in [0.05, 0.1) is 0 Å². The van der Waals surface area contributed by atoms with E-state index in [0.717, 1.165) is 0 Å². The summed E-state index contributed by atoms with van der Waals surface area (Å²) in [5, 5.41) is 16.9. The number of anilines is 1. The first-order valence-corrected chi connectivity index (χ1v) is 5.62. The number of amides is 1. The van der Waals surface area contributed by atoms with Gasteiger partial charge in [0, 0.05) is 24.3 Å². The minimum absolute atomic E-state index is 0.176. The lowest BCUT2D eigenvalue weighted by Crippen LogP contribution is -2.30. The third-order valence-corrected chi connectivity index (χ3v) is 2.23. The molecular formula is C12H17N3O3. The molecule has 1 amide bonds. The Balaban J connectivity index is 2.57. The predicted octanol–water partition coefficient (Wildman–Crippen LogP) is 0.132. The van der Waals surface area contributed by atoms with Crippen LogP contribution < -0.4 is 16.0 Å². The zero-order chi connectivity index (χ0) is 13.4. The number of benzene rings is 1. The molecule has 0 radical (unpaired) electrons. The van der Waals surface area contributed by atoms with E-state index >= 15 is 0 Å². The molecule has 6 heteroatoms. The van der Waals surface area contributed by atoms with Crippen molar-refractivity contribution in [2.45, 2.75) is 0 Å². The molecule has 1 aromatic carbocycles. The highest BCUT2D eigenvalue weighted by molar-refractivity contribution is 5.95. The Kier molecular flexibility index (Phi) is 5.66. The van der Waals surface area contributed by atoms with Crippen LogP contribution in [-0.2, 0) is 4.79 Å². The summed E-state index contributed by atoms with van der Waals surface area (Å²) in [4.78, 5) is 22.1. The molecule has 0 unspecified atom stereocenters. The Morgan fingerprint density at radius 3 is 2.72 bits per heavy atom. The number of likely N-dealkylation sites (N-methyl/N-ethyl adjacent to an activating group) is 1. The number of rotatable bonds is 7. The van der Waals surface area contributed by atoms with Gasteiger partial charge in [-0.1, -0.05) is 6.07 Å². The van der Waals surface area contributed by atoms with Crippen LogP contribution in [0.5, 0.6) is 0 Å². The summed E-state index contributed by atoms with van der Waals surface area (Å²) >= 11 is 0. The van der Waals surface area contributed by atoms with E-state index in [1.165, 1.54) is 0 Å². The fourth-order valence-corrected chi connectivity index (χ4v) is 1.35. The van der Waals surface area contributed by atoms with Crippen molar-refractivity contribution in [1.29, 1.82) is 0 Å². The van der Waals surface area contributed by atoms with Gasteiger partial charge in [-0.2, -0.15) is 0 Å². The Morgan fingerprint density at radius 1 is 1.28 bits per heavy atom. The van der Waals surface area contributed by atoms with Crippen molar-refractivity contribution in [1.82, 2.24) is 10.6 Å². The summed E-state index contributed by atoms with van der Waals surface area (Å²) in [5.74, 6) is -1.12. The average molecular weight is 251 g/mol. The van der Waals surface area contributed by atoms with Gasteiger partial charge in [-0.05, 0) is 25.2 Å².